The number of rotatable bonds is 3. The van der Waals surface area contributed by atoms with Crippen molar-refractivity contribution < 1.29 is 0 Å². The Morgan fingerprint density at radius 3 is 2.82 bits per heavy atom. The van der Waals surface area contributed by atoms with E-state index in [-0.39, 0.29) is 5.54 Å². The monoisotopic (exact) mass is 252 g/mol. The predicted octanol–water partition coefficient (Wildman–Crippen LogP) is 3.79. The normalized spacial score (nSPS) is 34.2. The lowest BCUT2D eigenvalue weighted by Crippen LogP contribution is -2.54. The lowest BCUT2D eigenvalue weighted by Gasteiger charge is -2.46. The van der Waals surface area contributed by atoms with E-state index in [1.165, 1.54) is 24.3 Å². The van der Waals surface area contributed by atoms with Gasteiger partial charge in [0.05, 0.1) is 5.54 Å². The van der Waals surface area contributed by atoms with E-state index in [4.69, 9.17) is 0 Å². The molecule has 0 aliphatic heterocycles. The van der Waals surface area contributed by atoms with E-state index in [2.05, 4.69) is 43.4 Å². The summed E-state index contributed by atoms with van der Waals surface area (Å²) in [7, 11) is 0. The number of hydrogen-bond donors (Lipinski definition) is 1. The van der Waals surface area contributed by atoms with Crippen molar-refractivity contribution in [2.75, 3.05) is 0 Å². The van der Waals surface area contributed by atoms with Gasteiger partial charge in [-0.15, -0.1) is 11.3 Å². The maximum Gasteiger partial charge on any atom is 0.113 e. The van der Waals surface area contributed by atoms with Crippen LogP contribution < -0.4 is 5.32 Å². The molecule has 1 saturated carbocycles. The van der Waals surface area contributed by atoms with Crippen LogP contribution in [0.2, 0.25) is 0 Å². The van der Waals surface area contributed by atoms with Crippen LogP contribution in [-0.4, -0.2) is 11.0 Å². The van der Waals surface area contributed by atoms with E-state index < -0.39 is 0 Å². The summed E-state index contributed by atoms with van der Waals surface area (Å²) in [6, 6.07) is 0.506. The molecule has 3 atom stereocenters. The van der Waals surface area contributed by atoms with Gasteiger partial charge in [-0.05, 0) is 32.1 Å². The first kappa shape index (κ1) is 13.0. The maximum absolute atomic E-state index is 4.61. The first-order valence-electron chi connectivity index (χ1n) is 6.74. The second kappa shape index (κ2) is 5.07. The van der Waals surface area contributed by atoms with E-state index in [9.17, 15) is 0 Å². The van der Waals surface area contributed by atoms with E-state index in [0.29, 0.717) is 12.0 Å². The summed E-state index contributed by atoms with van der Waals surface area (Å²) in [6.07, 6.45) is 5.83. The average molecular weight is 252 g/mol. The van der Waals surface area contributed by atoms with Crippen molar-refractivity contribution >= 4 is 11.3 Å². The van der Waals surface area contributed by atoms with Crippen LogP contribution in [0, 0.1) is 11.8 Å². The van der Waals surface area contributed by atoms with Gasteiger partial charge in [0.1, 0.15) is 5.01 Å². The quantitative estimate of drug-likeness (QED) is 0.885. The van der Waals surface area contributed by atoms with Gasteiger partial charge in [-0.3, -0.25) is 0 Å². The molecular formula is C14H24N2S. The molecule has 0 amide bonds. The van der Waals surface area contributed by atoms with Crippen molar-refractivity contribution in [1.29, 1.82) is 0 Å². The van der Waals surface area contributed by atoms with Crippen LogP contribution >= 0.6 is 11.3 Å². The fourth-order valence-electron chi connectivity index (χ4n) is 3.19. The molecule has 1 N–H and O–H groups in total. The van der Waals surface area contributed by atoms with Gasteiger partial charge in [0.15, 0.2) is 0 Å². The molecular weight excluding hydrogens is 228 g/mol. The van der Waals surface area contributed by atoms with Gasteiger partial charge >= 0.3 is 0 Å². The predicted molar refractivity (Wildman–Crippen MR) is 74.2 cm³/mol. The van der Waals surface area contributed by atoms with Crippen LogP contribution in [0.1, 0.15) is 52.0 Å². The molecule has 1 aromatic rings. The van der Waals surface area contributed by atoms with Crippen molar-refractivity contribution in [3.05, 3.63) is 16.6 Å². The van der Waals surface area contributed by atoms with Gasteiger partial charge in [0, 0.05) is 17.6 Å². The van der Waals surface area contributed by atoms with Gasteiger partial charge in [-0.1, -0.05) is 26.7 Å². The van der Waals surface area contributed by atoms with Gasteiger partial charge in [-0.25, -0.2) is 4.98 Å². The summed E-state index contributed by atoms with van der Waals surface area (Å²) in [5.41, 5.74) is 0.111. The molecule has 0 bridgehead atoms. The molecule has 96 valence electrons. The molecule has 17 heavy (non-hydrogen) atoms. The minimum Gasteiger partial charge on any atom is -0.303 e. The molecule has 0 radical (unpaired) electrons. The molecule has 2 nitrogen and oxygen atoms in total. The van der Waals surface area contributed by atoms with Crippen LogP contribution in [-0.2, 0) is 5.54 Å². The highest BCUT2D eigenvalue weighted by Gasteiger charge is 2.44. The van der Waals surface area contributed by atoms with Crippen molar-refractivity contribution in [3.8, 4) is 0 Å². The maximum atomic E-state index is 4.61. The number of nitrogens with one attached hydrogen (secondary N) is 1. The second-order valence-electron chi connectivity index (χ2n) is 5.77. The highest BCUT2D eigenvalue weighted by molar-refractivity contribution is 7.09. The fraction of sp³-hybridized carbons (Fsp3) is 0.786. The highest BCUT2D eigenvalue weighted by Crippen LogP contribution is 2.45. The Kier molecular flexibility index (Phi) is 3.88. The molecule has 0 saturated heterocycles. The van der Waals surface area contributed by atoms with Crippen LogP contribution in [0.4, 0.5) is 0 Å². The van der Waals surface area contributed by atoms with E-state index in [1.54, 1.807) is 11.3 Å². The van der Waals surface area contributed by atoms with E-state index >= 15 is 0 Å². The first-order valence-corrected chi connectivity index (χ1v) is 7.62. The van der Waals surface area contributed by atoms with Crippen molar-refractivity contribution in [2.45, 2.75) is 58.5 Å². The summed E-state index contributed by atoms with van der Waals surface area (Å²) in [6.45, 7) is 9.25. The summed E-state index contributed by atoms with van der Waals surface area (Å²) < 4.78 is 0. The minimum atomic E-state index is 0.111. The van der Waals surface area contributed by atoms with Crippen LogP contribution in [0.3, 0.4) is 0 Å². The second-order valence-corrected chi connectivity index (χ2v) is 6.66. The number of thiazole rings is 1. The molecule has 0 aromatic carbocycles. The Labute approximate surface area is 109 Å². The zero-order valence-electron chi connectivity index (χ0n) is 11.4. The largest absolute Gasteiger partial charge is 0.303 e. The Balaban J connectivity index is 2.35. The number of nitrogens with zero attached hydrogens (tertiary/aromatic N) is 1. The third kappa shape index (κ3) is 2.41. The highest BCUT2D eigenvalue weighted by atomic mass is 32.1. The molecule has 0 spiro atoms. The Bertz CT molecular complexity index is 347. The third-order valence-electron chi connectivity index (χ3n) is 4.22. The molecule has 3 heteroatoms. The van der Waals surface area contributed by atoms with Gasteiger partial charge < -0.3 is 5.32 Å². The molecule has 2 rings (SSSR count). The summed E-state index contributed by atoms with van der Waals surface area (Å²) in [5.74, 6) is 1.43. The van der Waals surface area contributed by atoms with Crippen LogP contribution in [0.5, 0.6) is 0 Å². The minimum absolute atomic E-state index is 0.111. The first-order chi connectivity index (χ1) is 8.06. The van der Waals surface area contributed by atoms with Gasteiger partial charge in [-0.2, -0.15) is 0 Å². The molecule has 3 unspecified atom stereocenters. The van der Waals surface area contributed by atoms with Gasteiger partial charge in [0.25, 0.3) is 0 Å². The topological polar surface area (TPSA) is 24.9 Å². The van der Waals surface area contributed by atoms with Crippen LogP contribution in [0.25, 0.3) is 0 Å². The smallest absolute Gasteiger partial charge is 0.113 e. The summed E-state index contributed by atoms with van der Waals surface area (Å²) >= 11 is 1.80. The van der Waals surface area contributed by atoms with Crippen molar-refractivity contribution in [2.24, 2.45) is 11.8 Å². The Hall–Kier alpha value is -0.410. The zero-order valence-corrected chi connectivity index (χ0v) is 12.2. The lowest BCUT2D eigenvalue weighted by molar-refractivity contribution is 0.0944. The standard InChI is InChI=1S/C14H24N2S/c1-10(2)16-14(13-15-8-9-17-13)7-5-6-11(3)12(14)4/h8-12,16H,5-7H2,1-4H3. The molecule has 1 aliphatic rings. The Morgan fingerprint density at radius 1 is 1.47 bits per heavy atom. The SMILES string of the molecule is CC(C)NC1(c2nccs2)CCCC(C)C1C. The van der Waals surface area contributed by atoms with Crippen LogP contribution in [0.15, 0.2) is 11.6 Å². The van der Waals surface area contributed by atoms with Crippen molar-refractivity contribution in [3.63, 3.8) is 0 Å². The number of aromatic nitrogens is 1. The number of hydrogen-bond acceptors (Lipinski definition) is 3. The lowest BCUT2D eigenvalue weighted by atomic mass is 9.68. The van der Waals surface area contributed by atoms with E-state index in [0.717, 1.165) is 5.92 Å². The van der Waals surface area contributed by atoms with Gasteiger partial charge in [0.2, 0.25) is 0 Å². The Morgan fingerprint density at radius 2 is 2.24 bits per heavy atom. The average Bonchev–Trinajstić information content (AvgIpc) is 2.78. The summed E-state index contributed by atoms with van der Waals surface area (Å²) in [5, 5.41) is 7.21. The zero-order chi connectivity index (χ0) is 12.5. The fourth-order valence-corrected chi connectivity index (χ4v) is 4.12. The van der Waals surface area contributed by atoms with E-state index in [1.807, 2.05) is 6.20 Å². The third-order valence-corrected chi connectivity index (χ3v) is 5.17. The molecule has 1 heterocycles. The molecule has 1 aliphatic carbocycles. The van der Waals surface area contributed by atoms with Crippen molar-refractivity contribution in [1.82, 2.24) is 10.3 Å². The molecule has 1 aromatic heterocycles. The summed E-state index contributed by atoms with van der Waals surface area (Å²) in [4.78, 5) is 4.61. The molecule has 1 fully saturated rings.